The smallest absolute Gasteiger partial charge is 0.494 e. The zero-order valence-corrected chi connectivity index (χ0v) is 15.3. The van der Waals surface area contributed by atoms with Crippen LogP contribution < -0.4 is 10.2 Å². The van der Waals surface area contributed by atoms with Crippen molar-refractivity contribution >= 4 is 12.6 Å². The van der Waals surface area contributed by atoms with Crippen LogP contribution in [-0.2, 0) is 9.31 Å². The van der Waals surface area contributed by atoms with Gasteiger partial charge in [0.15, 0.2) is 0 Å². The van der Waals surface area contributed by atoms with Gasteiger partial charge in [-0.15, -0.1) is 0 Å². The Morgan fingerprint density at radius 3 is 2.26 bits per heavy atom. The maximum absolute atomic E-state index is 6.25. The van der Waals surface area contributed by atoms with Gasteiger partial charge in [-0.3, -0.25) is 0 Å². The number of ether oxygens (including phenoxy) is 1. The summed E-state index contributed by atoms with van der Waals surface area (Å²) in [6, 6.07) is 6.43. The lowest BCUT2D eigenvalue weighted by molar-refractivity contribution is 0.00578. The summed E-state index contributed by atoms with van der Waals surface area (Å²) >= 11 is 0. The zero-order valence-electron chi connectivity index (χ0n) is 15.3. The van der Waals surface area contributed by atoms with Crippen molar-refractivity contribution in [3.05, 3.63) is 23.8 Å². The van der Waals surface area contributed by atoms with Crippen molar-refractivity contribution in [3.8, 4) is 5.75 Å². The van der Waals surface area contributed by atoms with Gasteiger partial charge in [-0.05, 0) is 64.0 Å². The van der Waals surface area contributed by atoms with Crippen LogP contribution in [0.2, 0.25) is 0 Å². The maximum Gasteiger partial charge on any atom is 0.498 e. The van der Waals surface area contributed by atoms with E-state index < -0.39 is 0 Å². The summed E-state index contributed by atoms with van der Waals surface area (Å²) < 4.78 is 18.6. The van der Waals surface area contributed by atoms with Crippen molar-refractivity contribution in [2.24, 2.45) is 5.92 Å². The Morgan fingerprint density at radius 2 is 1.74 bits per heavy atom. The van der Waals surface area contributed by atoms with Gasteiger partial charge in [-0.1, -0.05) is 26.0 Å². The molecule has 1 saturated heterocycles. The molecule has 126 valence electrons. The first-order valence-corrected chi connectivity index (χ1v) is 8.82. The molecule has 3 nitrogen and oxygen atoms in total. The van der Waals surface area contributed by atoms with Gasteiger partial charge in [-0.25, -0.2) is 0 Å². The molecule has 3 rings (SSSR count). The van der Waals surface area contributed by atoms with E-state index in [0.29, 0.717) is 5.92 Å². The first-order chi connectivity index (χ1) is 10.7. The SMILES string of the molecule is CC(C)c1ccc(OCC2CC2)c(B2OC(C)(C)C(C)(C)O2)c1. The Morgan fingerprint density at radius 1 is 1.13 bits per heavy atom. The zero-order chi connectivity index (χ0) is 16.8. The van der Waals surface area contributed by atoms with Gasteiger partial charge in [0.1, 0.15) is 5.75 Å². The van der Waals surface area contributed by atoms with Crippen molar-refractivity contribution in [1.82, 2.24) is 0 Å². The second kappa shape index (κ2) is 5.82. The standard InChI is InChI=1S/C19H29BO3/c1-13(2)15-9-10-17(21-12-14-7-8-14)16(11-15)20-22-18(3,4)19(5,6)23-20/h9-11,13-14H,7-8,12H2,1-6H3. The van der Waals surface area contributed by atoms with Crippen molar-refractivity contribution in [2.75, 3.05) is 6.61 Å². The van der Waals surface area contributed by atoms with Crippen LogP contribution in [0.4, 0.5) is 0 Å². The highest BCUT2D eigenvalue weighted by Crippen LogP contribution is 2.37. The van der Waals surface area contributed by atoms with Crippen LogP contribution in [0.1, 0.15) is 65.9 Å². The molecule has 1 aliphatic carbocycles. The van der Waals surface area contributed by atoms with Crippen molar-refractivity contribution < 1.29 is 14.0 Å². The van der Waals surface area contributed by atoms with Crippen LogP contribution in [-0.4, -0.2) is 24.9 Å². The molecule has 1 heterocycles. The summed E-state index contributed by atoms with van der Waals surface area (Å²) in [4.78, 5) is 0. The van der Waals surface area contributed by atoms with Crippen molar-refractivity contribution in [2.45, 2.75) is 71.5 Å². The Labute approximate surface area is 140 Å². The van der Waals surface area contributed by atoms with E-state index in [4.69, 9.17) is 14.0 Å². The van der Waals surface area contributed by atoms with Gasteiger partial charge < -0.3 is 14.0 Å². The average molecular weight is 316 g/mol. The predicted molar refractivity (Wildman–Crippen MR) is 94.5 cm³/mol. The molecule has 0 unspecified atom stereocenters. The summed E-state index contributed by atoms with van der Waals surface area (Å²) in [5.74, 6) is 2.10. The van der Waals surface area contributed by atoms with Gasteiger partial charge in [0.05, 0.1) is 17.8 Å². The number of rotatable bonds is 5. The van der Waals surface area contributed by atoms with E-state index in [9.17, 15) is 0 Å². The summed E-state index contributed by atoms with van der Waals surface area (Å²) in [6.07, 6.45) is 2.58. The van der Waals surface area contributed by atoms with Gasteiger partial charge in [0.25, 0.3) is 0 Å². The Balaban J connectivity index is 1.89. The third kappa shape index (κ3) is 3.43. The first kappa shape index (κ1) is 16.8. The molecule has 0 N–H and O–H groups in total. The first-order valence-electron chi connectivity index (χ1n) is 8.82. The quantitative estimate of drug-likeness (QED) is 0.771. The molecule has 0 radical (unpaired) electrons. The highest BCUT2D eigenvalue weighted by molar-refractivity contribution is 6.63. The van der Waals surface area contributed by atoms with Crippen LogP contribution in [0.15, 0.2) is 18.2 Å². The van der Waals surface area contributed by atoms with Crippen LogP contribution in [0.25, 0.3) is 0 Å². The highest BCUT2D eigenvalue weighted by Gasteiger charge is 2.52. The second-order valence-electron chi connectivity index (χ2n) is 8.29. The largest absolute Gasteiger partial charge is 0.498 e. The fourth-order valence-electron chi connectivity index (χ4n) is 2.70. The fourth-order valence-corrected chi connectivity index (χ4v) is 2.70. The summed E-state index contributed by atoms with van der Waals surface area (Å²) in [5, 5.41) is 0. The van der Waals surface area contributed by atoms with Gasteiger partial charge in [-0.2, -0.15) is 0 Å². The van der Waals surface area contributed by atoms with Gasteiger partial charge in [0.2, 0.25) is 0 Å². The lowest BCUT2D eigenvalue weighted by Crippen LogP contribution is -2.41. The minimum Gasteiger partial charge on any atom is -0.494 e. The van der Waals surface area contributed by atoms with E-state index in [2.05, 4.69) is 59.7 Å². The predicted octanol–water partition coefficient (Wildman–Crippen LogP) is 3.90. The molecule has 2 aliphatic rings. The fraction of sp³-hybridized carbons (Fsp3) is 0.684. The molecule has 4 heteroatoms. The molecule has 1 aromatic rings. The van der Waals surface area contributed by atoms with E-state index in [1.54, 1.807) is 0 Å². The van der Waals surface area contributed by atoms with Crippen molar-refractivity contribution in [1.29, 1.82) is 0 Å². The number of hydrogen-bond acceptors (Lipinski definition) is 3. The highest BCUT2D eigenvalue weighted by atomic mass is 16.7. The van der Waals surface area contributed by atoms with E-state index >= 15 is 0 Å². The molecule has 0 amide bonds. The molecule has 1 saturated carbocycles. The minimum absolute atomic E-state index is 0.334. The molecule has 1 aromatic carbocycles. The van der Waals surface area contributed by atoms with Crippen LogP contribution in [0, 0.1) is 5.92 Å². The summed E-state index contributed by atoms with van der Waals surface area (Å²) in [5.41, 5.74) is 1.64. The monoisotopic (exact) mass is 316 g/mol. The van der Waals surface area contributed by atoms with E-state index in [0.717, 1.165) is 23.7 Å². The lowest BCUT2D eigenvalue weighted by Gasteiger charge is -2.32. The molecule has 23 heavy (non-hydrogen) atoms. The third-order valence-corrected chi connectivity index (χ3v) is 5.38. The molecule has 0 atom stereocenters. The molecule has 1 aliphatic heterocycles. The van der Waals surface area contributed by atoms with E-state index in [-0.39, 0.29) is 18.3 Å². The van der Waals surface area contributed by atoms with E-state index in [1.807, 2.05) is 0 Å². The Hall–Kier alpha value is -0.995. The van der Waals surface area contributed by atoms with Gasteiger partial charge >= 0.3 is 7.12 Å². The summed E-state index contributed by atoms with van der Waals surface area (Å²) in [7, 11) is -0.368. The molecule has 0 spiro atoms. The maximum atomic E-state index is 6.25. The minimum atomic E-state index is -0.368. The molecular formula is C19H29BO3. The topological polar surface area (TPSA) is 27.7 Å². The Kier molecular flexibility index (Phi) is 4.26. The molecule has 0 aromatic heterocycles. The molecule has 0 bridgehead atoms. The number of hydrogen-bond donors (Lipinski definition) is 0. The molecular weight excluding hydrogens is 287 g/mol. The van der Waals surface area contributed by atoms with Crippen LogP contribution in [0.5, 0.6) is 5.75 Å². The normalized spacial score (nSPS) is 22.7. The second-order valence-corrected chi connectivity index (χ2v) is 8.29. The lowest BCUT2D eigenvalue weighted by atomic mass is 9.76. The van der Waals surface area contributed by atoms with Crippen molar-refractivity contribution in [3.63, 3.8) is 0 Å². The Bertz CT molecular complexity index is 560. The average Bonchev–Trinajstić information content (AvgIpc) is 3.24. The summed E-state index contributed by atoms with van der Waals surface area (Å²) in [6.45, 7) is 13.6. The van der Waals surface area contributed by atoms with Crippen LogP contribution in [0.3, 0.4) is 0 Å². The van der Waals surface area contributed by atoms with E-state index in [1.165, 1.54) is 18.4 Å². The molecule has 2 fully saturated rings. The number of benzene rings is 1. The van der Waals surface area contributed by atoms with Crippen LogP contribution >= 0.6 is 0 Å². The van der Waals surface area contributed by atoms with Gasteiger partial charge in [0, 0.05) is 5.46 Å². The third-order valence-electron chi connectivity index (χ3n) is 5.38.